The van der Waals surface area contributed by atoms with Crippen molar-refractivity contribution in [3.8, 4) is 0 Å². The Morgan fingerprint density at radius 1 is 1.30 bits per heavy atom. The molecule has 2 heterocycles. The number of allylic oxidation sites excluding steroid dienone is 2. The van der Waals surface area contributed by atoms with Crippen LogP contribution < -0.4 is 11.3 Å². The van der Waals surface area contributed by atoms with Crippen LogP contribution in [0.3, 0.4) is 0 Å². The van der Waals surface area contributed by atoms with Gasteiger partial charge in [0.15, 0.2) is 11.2 Å². The van der Waals surface area contributed by atoms with Crippen LogP contribution in [0, 0.1) is 5.92 Å². The molecular weight excluding hydrogens is 262 g/mol. The van der Waals surface area contributed by atoms with Crippen LogP contribution in [-0.4, -0.2) is 31.0 Å². The Labute approximate surface area is 112 Å². The predicted octanol–water partition coefficient (Wildman–Crippen LogP) is 0.363. The van der Waals surface area contributed by atoms with Crippen LogP contribution in [0.4, 0.5) is 5.95 Å². The average molecular weight is 275 g/mol. The summed E-state index contributed by atoms with van der Waals surface area (Å²) in [6.07, 6.45) is 4.78. The fourth-order valence-electron chi connectivity index (χ4n) is 2.51. The molecule has 2 aromatic rings. The summed E-state index contributed by atoms with van der Waals surface area (Å²) in [5.74, 6) is -1.29. The maximum atomic E-state index is 11.7. The van der Waals surface area contributed by atoms with Crippen molar-refractivity contribution >= 4 is 23.1 Å². The molecule has 104 valence electrons. The van der Waals surface area contributed by atoms with E-state index in [4.69, 9.17) is 5.73 Å². The number of nitrogen functional groups attached to an aromatic ring is 1. The van der Waals surface area contributed by atoms with E-state index in [0.717, 1.165) is 0 Å². The van der Waals surface area contributed by atoms with Gasteiger partial charge in [-0.2, -0.15) is 4.98 Å². The van der Waals surface area contributed by atoms with Crippen LogP contribution in [0.25, 0.3) is 11.2 Å². The first kappa shape index (κ1) is 12.4. The van der Waals surface area contributed by atoms with Gasteiger partial charge >= 0.3 is 5.97 Å². The second-order valence-electron chi connectivity index (χ2n) is 4.77. The molecule has 0 radical (unpaired) electrons. The lowest BCUT2D eigenvalue weighted by atomic mass is 9.82. The molecule has 2 atom stereocenters. The normalized spacial score (nSPS) is 22.2. The third-order valence-corrected chi connectivity index (χ3v) is 3.50. The number of fused-ring (bicyclic) bond motifs is 1. The number of nitrogens with zero attached hydrogens (tertiary/aromatic N) is 2. The van der Waals surface area contributed by atoms with Crippen molar-refractivity contribution in [1.82, 2.24) is 19.9 Å². The van der Waals surface area contributed by atoms with Crippen LogP contribution in [0.2, 0.25) is 0 Å². The van der Waals surface area contributed by atoms with Gasteiger partial charge in [-0.05, 0) is 12.8 Å². The topological polar surface area (TPSA) is 138 Å². The minimum absolute atomic E-state index is 0.0149. The van der Waals surface area contributed by atoms with Gasteiger partial charge in [-0.25, -0.2) is 4.98 Å². The molecule has 0 fully saturated rings. The van der Waals surface area contributed by atoms with E-state index in [2.05, 4.69) is 19.9 Å². The highest BCUT2D eigenvalue weighted by Gasteiger charge is 2.32. The third-order valence-electron chi connectivity index (χ3n) is 3.50. The zero-order valence-corrected chi connectivity index (χ0v) is 10.5. The number of aromatic nitrogens is 4. The SMILES string of the molecule is Nc1nc2nc([C@@H]3CC=CC[C@@H]3C(=O)O)[nH]c2c(=O)[nH]1. The summed E-state index contributed by atoms with van der Waals surface area (Å²) < 4.78 is 0. The number of nitrogens with two attached hydrogens (primary N) is 1. The summed E-state index contributed by atoms with van der Waals surface area (Å²) in [6.45, 7) is 0. The molecule has 1 aliphatic rings. The Kier molecular flexibility index (Phi) is 2.78. The van der Waals surface area contributed by atoms with Crippen LogP contribution in [-0.2, 0) is 4.79 Å². The van der Waals surface area contributed by atoms with Gasteiger partial charge in [-0.1, -0.05) is 12.2 Å². The summed E-state index contributed by atoms with van der Waals surface area (Å²) in [4.78, 5) is 36.4. The summed E-state index contributed by atoms with van der Waals surface area (Å²) in [5.41, 5.74) is 5.47. The van der Waals surface area contributed by atoms with E-state index in [9.17, 15) is 14.7 Å². The molecule has 0 aliphatic heterocycles. The average Bonchev–Trinajstić information content (AvgIpc) is 2.82. The number of H-pyrrole nitrogens is 2. The summed E-state index contributed by atoms with van der Waals surface area (Å²) in [5, 5.41) is 9.26. The Hall–Kier alpha value is -2.64. The van der Waals surface area contributed by atoms with Gasteiger partial charge in [0.25, 0.3) is 5.56 Å². The Balaban J connectivity index is 2.10. The largest absolute Gasteiger partial charge is 0.481 e. The van der Waals surface area contributed by atoms with Crippen molar-refractivity contribution in [2.24, 2.45) is 5.92 Å². The molecule has 1 aliphatic carbocycles. The molecule has 0 saturated heterocycles. The zero-order valence-electron chi connectivity index (χ0n) is 10.5. The standard InChI is InChI=1S/C12H13N5O3/c13-12-16-9-7(10(18)17-12)14-8(15-9)5-3-1-2-4-6(5)11(19)20/h1-2,5-6H,3-4H2,(H,19,20)(H4,13,14,15,16,17,18)/t5-,6+/m1/s1. The molecule has 20 heavy (non-hydrogen) atoms. The number of aromatic amines is 2. The van der Waals surface area contributed by atoms with Crippen LogP contribution in [0.15, 0.2) is 16.9 Å². The summed E-state index contributed by atoms with van der Waals surface area (Å²) in [6, 6.07) is 0. The molecule has 8 heteroatoms. The van der Waals surface area contributed by atoms with Gasteiger partial charge in [-0.3, -0.25) is 14.6 Å². The molecule has 5 N–H and O–H groups in total. The van der Waals surface area contributed by atoms with E-state index in [1.54, 1.807) is 0 Å². The Morgan fingerprint density at radius 2 is 2.05 bits per heavy atom. The second-order valence-corrected chi connectivity index (χ2v) is 4.77. The van der Waals surface area contributed by atoms with Crippen LogP contribution >= 0.6 is 0 Å². The van der Waals surface area contributed by atoms with Gasteiger partial charge in [0.1, 0.15) is 5.82 Å². The highest BCUT2D eigenvalue weighted by Crippen LogP contribution is 2.33. The van der Waals surface area contributed by atoms with E-state index in [1.807, 2.05) is 12.2 Å². The highest BCUT2D eigenvalue weighted by atomic mass is 16.4. The van der Waals surface area contributed by atoms with E-state index in [1.165, 1.54) is 0 Å². The van der Waals surface area contributed by atoms with E-state index >= 15 is 0 Å². The number of carbonyl (C=O) groups is 1. The van der Waals surface area contributed by atoms with Crippen LogP contribution in [0.1, 0.15) is 24.6 Å². The number of aliphatic carboxylic acids is 1. The minimum Gasteiger partial charge on any atom is -0.481 e. The number of carboxylic acid groups (broad SMARTS) is 1. The van der Waals surface area contributed by atoms with E-state index in [0.29, 0.717) is 18.7 Å². The molecule has 0 spiro atoms. The lowest BCUT2D eigenvalue weighted by Crippen LogP contribution is -2.24. The van der Waals surface area contributed by atoms with Gasteiger partial charge in [0.2, 0.25) is 5.95 Å². The van der Waals surface area contributed by atoms with Crippen molar-refractivity contribution in [1.29, 1.82) is 0 Å². The zero-order chi connectivity index (χ0) is 14.3. The molecule has 0 bridgehead atoms. The third kappa shape index (κ3) is 1.94. The molecule has 3 rings (SSSR count). The number of hydrogen-bond donors (Lipinski definition) is 4. The molecule has 0 amide bonds. The van der Waals surface area contributed by atoms with Crippen molar-refractivity contribution < 1.29 is 9.90 Å². The first-order chi connectivity index (χ1) is 9.56. The first-order valence-electron chi connectivity index (χ1n) is 6.19. The van der Waals surface area contributed by atoms with E-state index < -0.39 is 17.4 Å². The molecular formula is C12H13N5O3. The molecule has 0 saturated carbocycles. The fourth-order valence-corrected chi connectivity index (χ4v) is 2.51. The van der Waals surface area contributed by atoms with Crippen molar-refractivity contribution in [2.45, 2.75) is 18.8 Å². The number of rotatable bonds is 2. The molecule has 2 aromatic heterocycles. The lowest BCUT2D eigenvalue weighted by molar-refractivity contribution is -0.142. The Bertz CT molecular complexity index is 760. The maximum Gasteiger partial charge on any atom is 0.307 e. The predicted molar refractivity (Wildman–Crippen MR) is 71.2 cm³/mol. The van der Waals surface area contributed by atoms with Crippen LogP contribution in [0.5, 0.6) is 0 Å². The van der Waals surface area contributed by atoms with Gasteiger partial charge in [0, 0.05) is 5.92 Å². The first-order valence-corrected chi connectivity index (χ1v) is 6.19. The lowest BCUT2D eigenvalue weighted by Gasteiger charge is -2.22. The monoisotopic (exact) mass is 275 g/mol. The van der Waals surface area contributed by atoms with E-state index in [-0.39, 0.29) is 23.0 Å². The smallest absolute Gasteiger partial charge is 0.307 e. The Morgan fingerprint density at radius 3 is 2.80 bits per heavy atom. The summed E-state index contributed by atoms with van der Waals surface area (Å²) in [7, 11) is 0. The van der Waals surface area contributed by atoms with Gasteiger partial charge in [-0.15, -0.1) is 0 Å². The molecule has 0 unspecified atom stereocenters. The van der Waals surface area contributed by atoms with Gasteiger partial charge in [0.05, 0.1) is 5.92 Å². The maximum absolute atomic E-state index is 11.7. The van der Waals surface area contributed by atoms with Crippen molar-refractivity contribution in [3.05, 3.63) is 28.3 Å². The fraction of sp³-hybridized carbons (Fsp3) is 0.333. The quantitative estimate of drug-likeness (QED) is 0.584. The number of hydrogen-bond acceptors (Lipinski definition) is 5. The van der Waals surface area contributed by atoms with Crippen molar-refractivity contribution in [3.63, 3.8) is 0 Å². The number of carboxylic acids is 1. The van der Waals surface area contributed by atoms with Crippen molar-refractivity contribution in [2.75, 3.05) is 5.73 Å². The molecule has 0 aromatic carbocycles. The number of anilines is 1. The second kappa shape index (κ2) is 4.48. The molecule has 8 nitrogen and oxygen atoms in total. The highest BCUT2D eigenvalue weighted by molar-refractivity contribution is 5.73. The summed E-state index contributed by atoms with van der Waals surface area (Å²) >= 11 is 0. The van der Waals surface area contributed by atoms with Gasteiger partial charge < -0.3 is 15.8 Å². The minimum atomic E-state index is -0.874. The number of nitrogens with one attached hydrogen (secondary N) is 2. The number of imidazole rings is 1.